The average Bonchev–Trinajstić information content (AvgIpc) is 2.51. The molecule has 1 aromatic carbocycles. The molecule has 0 aromatic heterocycles. The van der Waals surface area contributed by atoms with Gasteiger partial charge >= 0.3 is 0 Å². The molecule has 1 aromatic rings. The SMILES string of the molecule is CN1CCN(C[C@@H](O)COCCOc2ccc(Br)cc2)CC1. The fourth-order valence-electron chi connectivity index (χ4n) is 2.35. The first-order chi connectivity index (χ1) is 10.6. The molecule has 22 heavy (non-hydrogen) atoms. The van der Waals surface area contributed by atoms with E-state index in [0.717, 1.165) is 36.4 Å². The zero-order valence-corrected chi connectivity index (χ0v) is 14.7. The highest BCUT2D eigenvalue weighted by molar-refractivity contribution is 9.10. The van der Waals surface area contributed by atoms with Crippen molar-refractivity contribution in [2.24, 2.45) is 0 Å². The molecule has 0 amide bonds. The number of piperazine rings is 1. The van der Waals surface area contributed by atoms with Crippen LogP contribution in [0.15, 0.2) is 28.7 Å². The van der Waals surface area contributed by atoms with Crippen LogP contribution < -0.4 is 4.74 Å². The Kier molecular flexibility index (Phi) is 7.62. The molecule has 1 atom stereocenters. The van der Waals surface area contributed by atoms with E-state index < -0.39 is 6.10 Å². The molecule has 5 nitrogen and oxygen atoms in total. The Morgan fingerprint density at radius 2 is 1.82 bits per heavy atom. The van der Waals surface area contributed by atoms with Crippen LogP contribution in [0.1, 0.15) is 0 Å². The topological polar surface area (TPSA) is 45.2 Å². The summed E-state index contributed by atoms with van der Waals surface area (Å²) in [5.74, 6) is 0.824. The van der Waals surface area contributed by atoms with Crippen LogP contribution in [-0.4, -0.2) is 80.6 Å². The van der Waals surface area contributed by atoms with Gasteiger partial charge in [-0.25, -0.2) is 0 Å². The Labute approximate surface area is 140 Å². The Hall–Kier alpha value is -0.660. The number of hydrogen-bond acceptors (Lipinski definition) is 5. The van der Waals surface area contributed by atoms with Gasteiger partial charge in [-0.3, -0.25) is 4.90 Å². The third-order valence-electron chi connectivity index (χ3n) is 3.69. The number of hydrogen-bond donors (Lipinski definition) is 1. The number of rotatable bonds is 8. The van der Waals surface area contributed by atoms with Gasteiger partial charge in [0.1, 0.15) is 12.4 Å². The van der Waals surface area contributed by atoms with Crippen molar-refractivity contribution in [2.45, 2.75) is 6.10 Å². The Bertz CT molecular complexity index is 422. The van der Waals surface area contributed by atoms with Gasteiger partial charge in [-0.2, -0.15) is 0 Å². The van der Waals surface area contributed by atoms with Crippen molar-refractivity contribution < 1.29 is 14.6 Å². The predicted octanol–water partition coefficient (Wildman–Crippen LogP) is 1.45. The van der Waals surface area contributed by atoms with E-state index in [9.17, 15) is 5.11 Å². The van der Waals surface area contributed by atoms with Crippen molar-refractivity contribution in [1.82, 2.24) is 9.80 Å². The molecule has 1 aliphatic rings. The molecule has 1 saturated heterocycles. The summed E-state index contributed by atoms with van der Waals surface area (Å²) in [7, 11) is 2.13. The summed E-state index contributed by atoms with van der Waals surface area (Å²) in [6.45, 7) is 6.17. The van der Waals surface area contributed by atoms with E-state index in [1.165, 1.54) is 0 Å². The lowest BCUT2D eigenvalue weighted by molar-refractivity contribution is 0.00149. The van der Waals surface area contributed by atoms with Gasteiger partial charge in [0.2, 0.25) is 0 Å². The van der Waals surface area contributed by atoms with Gasteiger partial charge < -0.3 is 19.5 Å². The molecule has 0 saturated carbocycles. The molecule has 1 aliphatic heterocycles. The Morgan fingerprint density at radius 1 is 1.14 bits per heavy atom. The molecule has 124 valence electrons. The second-order valence-electron chi connectivity index (χ2n) is 5.64. The number of β-amino-alcohol motifs (C(OH)–C–C–N with tert-alkyl or cyclic N) is 1. The maximum atomic E-state index is 9.99. The third kappa shape index (κ3) is 6.62. The summed E-state index contributed by atoms with van der Waals surface area (Å²) >= 11 is 3.38. The largest absolute Gasteiger partial charge is 0.491 e. The standard InChI is InChI=1S/C16H25BrN2O3/c1-18-6-8-19(9-7-18)12-15(20)13-21-10-11-22-16-4-2-14(17)3-5-16/h2-5,15,20H,6-13H2,1H3/t15-/m1/s1. The van der Waals surface area contributed by atoms with E-state index in [4.69, 9.17) is 9.47 Å². The quantitative estimate of drug-likeness (QED) is 0.699. The maximum absolute atomic E-state index is 9.99. The summed E-state index contributed by atoms with van der Waals surface area (Å²) in [5.41, 5.74) is 0. The fourth-order valence-corrected chi connectivity index (χ4v) is 2.61. The van der Waals surface area contributed by atoms with Gasteiger partial charge in [0.15, 0.2) is 0 Å². The van der Waals surface area contributed by atoms with Crippen LogP contribution in [0.3, 0.4) is 0 Å². The first-order valence-electron chi connectivity index (χ1n) is 7.68. The van der Waals surface area contributed by atoms with E-state index in [-0.39, 0.29) is 0 Å². The lowest BCUT2D eigenvalue weighted by Gasteiger charge is -2.33. The minimum absolute atomic E-state index is 0.357. The molecule has 6 heteroatoms. The van der Waals surface area contributed by atoms with E-state index >= 15 is 0 Å². The lowest BCUT2D eigenvalue weighted by atomic mass is 10.3. The van der Waals surface area contributed by atoms with Crippen LogP contribution in [-0.2, 0) is 4.74 Å². The first kappa shape index (κ1) is 17.7. The highest BCUT2D eigenvalue weighted by Gasteiger charge is 2.16. The lowest BCUT2D eigenvalue weighted by Crippen LogP contribution is -2.47. The van der Waals surface area contributed by atoms with Gasteiger partial charge in [0, 0.05) is 37.2 Å². The summed E-state index contributed by atoms with van der Waals surface area (Å²) in [6.07, 6.45) is -0.434. The summed E-state index contributed by atoms with van der Waals surface area (Å²) in [6, 6.07) is 7.70. The fraction of sp³-hybridized carbons (Fsp3) is 0.625. The maximum Gasteiger partial charge on any atom is 0.119 e. The molecule has 0 spiro atoms. The summed E-state index contributed by atoms with van der Waals surface area (Å²) in [5, 5.41) is 9.99. The highest BCUT2D eigenvalue weighted by Crippen LogP contribution is 2.15. The van der Waals surface area contributed by atoms with Crippen LogP contribution in [0.25, 0.3) is 0 Å². The zero-order valence-electron chi connectivity index (χ0n) is 13.1. The summed E-state index contributed by atoms with van der Waals surface area (Å²) in [4.78, 5) is 4.59. The molecule has 1 fully saturated rings. The van der Waals surface area contributed by atoms with E-state index in [0.29, 0.717) is 26.4 Å². The molecule has 1 N–H and O–H groups in total. The molecule has 0 radical (unpaired) electrons. The smallest absolute Gasteiger partial charge is 0.119 e. The van der Waals surface area contributed by atoms with Gasteiger partial charge in [-0.05, 0) is 31.3 Å². The normalized spacial score (nSPS) is 18.3. The molecular weight excluding hydrogens is 348 g/mol. The van der Waals surface area contributed by atoms with Gasteiger partial charge in [0.25, 0.3) is 0 Å². The monoisotopic (exact) mass is 372 g/mol. The molecule has 1 heterocycles. The van der Waals surface area contributed by atoms with Gasteiger partial charge in [-0.15, -0.1) is 0 Å². The van der Waals surface area contributed by atoms with Crippen LogP contribution in [0.5, 0.6) is 5.75 Å². The van der Waals surface area contributed by atoms with Crippen LogP contribution in [0.4, 0.5) is 0 Å². The van der Waals surface area contributed by atoms with Gasteiger partial charge in [-0.1, -0.05) is 15.9 Å². The van der Waals surface area contributed by atoms with Crippen molar-refractivity contribution in [2.75, 3.05) is 59.6 Å². The van der Waals surface area contributed by atoms with E-state index in [1.807, 2.05) is 24.3 Å². The Morgan fingerprint density at radius 3 is 2.50 bits per heavy atom. The van der Waals surface area contributed by atoms with Crippen molar-refractivity contribution in [3.8, 4) is 5.75 Å². The molecule has 0 aliphatic carbocycles. The van der Waals surface area contributed by atoms with E-state index in [1.54, 1.807) is 0 Å². The number of benzene rings is 1. The minimum Gasteiger partial charge on any atom is -0.491 e. The van der Waals surface area contributed by atoms with Crippen LogP contribution in [0, 0.1) is 0 Å². The number of halogens is 1. The molecule has 0 unspecified atom stereocenters. The van der Waals surface area contributed by atoms with Crippen LogP contribution in [0.2, 0.25) is 0 Å². The zero-order chi connectivity index (χ0) is 15.8. The molecule has 2 rings (SSSR count). The number of aliphatic hydroxyl groups is 1. The van der Waals surface area contributed by atoms with Gasteiger partial charge in [0.05, 0.1) is 19.3 Å². The number of nitrogens with zero attached hydrogens (tertiary/aromatic N) is 2. The molecule has 0 bridgehead atoms. The molecular formula is C16H25BrN2O3. The van der Waals surface area contributed by atoms with Crippen molar-refractivity contribution in [3.63, 3.8) is 0 Å². The van der Waals surface area contributed by atoms with Crippen molar-refractivity contribution >= 4 is 15.9 Å². The predicted molar refractivity (Wildman–Crippen MR) is 90.4 cm³/mol. The number of likely N-dealkylation sites (N-methyl/N-ethyl adjacent to an activating group) is 1. The number of aliphatic hydroxyl groups excluding tert-OH is 1. The second-order valence-corrected chi connectivity index (χ2v) is 6.55. The number of ether oxygens (including phenoxy) is 2. The summed E-state index contributed by atoms with van der Waals surface area (Å²) < 4.78 is 12.1. The van der Waals surface area contributed by atoms with Crippen molar-refractivity contribution in [3.05, 3.63) is 28.7 Å². The minimum atomic E-state index is -0.434. The first-order valence-corrected chi connectivity index (χ1v) is 8.48. The second kappa shape index (κ2) is 9.47. The van der Waals surface area contributed by atoms with Crippen molar-refractivity contribution in [1.29, 1.82) is 0 Å². The average molecular weight is 373 g/mol. The van der Waals surface area contributed by atoms with Crippen LogP contribution >= 0.6 is 15.9 Å². The van der Waals surface area contributed by atoms with E-state index in [2.05, 4.69) is 32.8 Å². The Balaban J connectivity index is 1.51. The third-order valence-corrected chi connectivity index (χ3v) is 4.21. The highest BCUT2D eigenvalue weighted by atomic mass is 79.9.